The van der Waals surface area contributed by atoms with Crippen molar-refractivity contribution in [2.45, 2.75) is 0 Å². The first-order valence-electron chi connectivity index (χ1n) is 8.71. The van der Waals surface area contributed by atoms with Gasteiger partial charge in [0.05, 0.1) is 10.2 Å². The van der Waals surface area contributed by atoms with E-state index in [-0.39, 0.29) is 11.1 Å². The summed E-state index contributed by atoms with van der Waals surface area (Å²) in [6.45, 7) is 0. The lowest BCUT2D eigenvalue weighted by atomic mass is 10.1. The quantitative estimate of drug-likeness (QED) is 0.398. The molecule has 0 spiro atoms. The fraction of sp³-hybridized carbons (Fsp3) is 0.0476. The minimum atomic E-state index is -0.728. The first-order valence-corrected chi connectivity index (χ1v) is 10.3. The van der Waals surface area contributed by atoms with Crippen LogP contribution in [0, 0.1) is 0 Å². The Kier molecular flexibility index (Phi) is 5.40. The number of amides is 1. The molecule has 0 aliphatic rings. The summed E-state index contributed by atoms with van der Waals surface area (Å²) >= 11 is 6.72. The van der Waals surface area contributed by atoms with Crippen molar-refractivity contribution in [2.24, 2.45) is 7.05 Å². The summed E-state index contributed by atoms with van der Waals surface area (Å²) in [6, 6.07) is 15.0. The summed E-state index contributed by atoms with van der Waals surface area (Å²) in [4.78, 5) is 36.4. The standard InChI is InChI=1S/C21H13Br2N3O4/c1-26-18(27)7-6-17(25-26)11-2-4-14(5-3-11)24-20(28)15-9-12-8-13(22)10-16(23)19(12)30-21(15)29/h2-10H,1H3,(H,24,28). The van der Waals surface area contributed by atoms with E-state index in [1.165, 1.54) is 16.8 Å². The Labute approximate surface area is 186 Å². The Bertz CT molecular complexity index is 1410. The van der Waals surface area contributed by atoms with Crippen LogP contribution in [0.15, 0.2) is 77.5 Å². The molecule has 2 aromatic carbocycles. The van der Waals surface area contributed by atoms with Gasteiger partial charge in [0.25, 0.3) is 11.5 Å². The van der Waals surface area contributed by atoms with Gasteiger partial charge in [-0.2, -0.15) is 5.10 Å². The van der Waals surface area contributed by atoms with Gasteiger partial charge in [0.1, 0.15) is 5.56 Å². The van der Waals surface area contributed by atoms with Crippen LogP contribution in [0.1, 0.15) is 10.4 Å². The van der Waals surface area contributed by atoms with Crippen LogP contribution in [0.25, 0.3) is 22.2 Å². The predicted molar refractivity (Wildman–Crippen MR) is 121 cm³/mol. The summed E-state index contributed by atoms with van der Waals surface area (Å²) < 4.78 is 7.96. The molecule has 9 heteroatoms. The maximum absolute atomic E-state index is 12.6. The maximum Gasteiger partial charge on any atom is 0.349 e. The van der Waals surface area contributed by atoms with Crippen molar-refractivity contribution in [1.82, 2.24) is 9.78 Å². The molecule has 4 aromatic rings. The van der Waals surface area contributed by atoms with Crippen molar-refractivity contribution in [2.75, 3.05) is 5.32 Å². The number of hydrogen-bond donors (Lipinski definition) is 1. The van der Waals surface area contributed by atoms with Gasteiger partial charge >= 0.3 is 5.63 Å². The molecule has 4 rings (SSSR count). The number of carbonyl (C=O) groups is 1. The molecule has 0 atom stereocenters. The number of anilines is 1. The van der Waals surface area contributed by atoms with Crippen molar-refractivity contribution in [1.29, 1.82) is 0 Å². The number of nitrogens with zero attached hydrogens (tertiary/aromatic N) is 2. The van der Waals surface area contributed by atoms with E-state index in [9.17, 15) is 14.4 Å². The molecular weight excluding hydrogens is 518 g/mol. The minimum absolute atomic E-state index is 0.101. The highest BCUT2D eigenvalue weighted by Gasteiger charge is 2.16. The number of fused-ring (bicyclic) bond motifs is 1. The first kappa shape index (κ1) is 20.2. The molecule has 1 N–H and O–H groups in total. The highest BCUT2D eigenvalue weighted by Crippen LogP contribution is 2.28. The number of aromatic nitrogens is 2. The third kappa shape index (κ3) is 3.99. The van der Waals surface area contributed by atoms with Gasteiger partial charge < -0.3 is 9.73 Å². The number of benzene rings is 2. The number of hydrogen-bond acceptors (Lipinski definition) is 5. The van der Waals surface area contributed by atoms with Gasteiger partial charge in [0, 0.05) is 34.2 Å². The molecule has 7 nitrogen and oxygen atoms in total. The summed E-state index contributed by atoms with van der Waals surface area (Å²) in [7, 11) is 1.58. The van der Waals surface area contributed by atoms with Crippen LogP contribution < -0.4 is 16.5 Å². The van der Waals surface area contributed by atoms with Gasteiger partial charge in [0.15, 0.2) is 5.58 Å². The average Bonchev–Trinajstić information content (AvgIpc) is 2.71. The fourth-order valence-corrected chi connectivity index (χ4v) is 4.23. The molecule has 30 heavy (non-hydrogen) atoms. The van der Waals surface area contributed by atoms with E-state index < -0.39 is 11.5 Å². The fourth-order valence-electron chi connectivity index (χ4n) is 2.89. The topological polar surface area (TPSA) is 94.2 Å². The number of aryl methyl sites for hydroxylation is 1. The number of rotatable bonds is 3. The molecule has 0 fully saturated rings. The normalized spacial score (nSPS) is 10.9. The molecule has 2 heterocycles. The van der Waals surface area contributed by atoms with Gasteiger partial charge in [-0.3, -0.25) is 9.59 Å². The van der Waals surface area contributed by atoms with Gasteiger partial charge in [0.2, 0.25) is 0 Å². The summed E-state index contributed by atoms with van der Waals surface area (Å²) in [5.74, 6) is -0.574. The van der Waals surface area contributed by atoms with E-state index in [0.717, 1.165) is 10.0 Å². The maximum atomic E-state index is 12.6. The summed E-state index contributed by atoms with van der Waals surface area (Å²) in [5, 5.41) is 7.49. The minimum Gasteiger partial charge on any atom is -0.421 e. The molecule has 0 saturated carbocycles. The van der Waals surface area contributed by atoms with Gasteiger partial charge in [-0.25, -0.2) is 9.48 Å². The first-order chi connectivity index (χ1) is 14.3. The molecular formula is C21H13Br2N3O4. The Hall–Kier alpha value is -3.04. The molecule has 2 aromatic heterocycles. The Morgan fingerprint density at radius 1 is 1.03 bits per heavy atom. The summed E-state index contributed by atoms with van der Waals surface area (Å²) in [6.07, 6.45) is 0. The van der Waals surface area contributed by atoms with E-state index >= 15 is 0 Å². The second-order valence-electron chi connectivity index (χ2n) is 6.47. The van der Waals surface area contributed by atoms with Crippen molar-refractivity contribution in [3.8, 4) is 11.3 Å². The van der Waals surface area contributed by atoms with Crippen molar-refractivity contribution < 1.29 is 9.21 Å². The zero-order valence-corrected chi connectivity index (χ0v) is 18.7. The third-order valence-electron chi connectivity index (χ3n) is 4.40. The lowest BCUT2D eigenvalue weighted by Crippen LogP contribution is -2.20. The van der Waals surface area contributed by atoms with E-state index in [0.29, 0.717) is 26.8 Å². The lowest BCUT2D eigenvalue weighted by Gasteiger charge is -2.08. The third-order valence-corrected chi connectivity index (χ3v) is 5.44. The molecule has 0 aliphatic carbocycles. The van der Waals surface area contributed by atoms with Crippen LogP contribution in [-0.2, 0) is 7.05 Å². The molecule has 0 radical (unpaired) electrons. The van der Waals surface area contributed by atoms with Gasteiger partial charge in [-0.15, -0.1) is 0 Å². The van der Waals surface area contributed by atoms with Crippen molar-refractivity contribution in [3.05, 3.63) is 89.9 Å². The van der Waals surface area contributed by atoms with Crippen LogP contribution >= 0.6 is 31.9 Å². The number of halogens is 2. The lowest BCUT2D eigenvalue weighted by molar-refractivity contribution is 0.102. The zero-order chi connectivity index (χ0) is 21.4. The number of carbonyl (C=O) groups excluding carboxylic acids is 1. The van der Waals surface area contributed by atoms with Crippen LogP contribution in [0.2, 0.25) is 0 Å². The Morgan fingerprint density at radius 3 is 2.47 bits per heavy atom. The predicted octanol–water partition coefficient (Wildman–Crippen LogP) is 4.33. The molecule has 0 aliphatic heterocycles. The van der Waals surface area contributed by atoms with E-state index in [4.69, 9.17) is 4.42 Å². The van der Waals surface area contributed by atoms with Crippen molar-refractivity contribution in [3.63, 3.8) is 0 Å². The zero-order valence-electron chi connectivity index (χ0n) is 15.5. The van der Waals surface area contributed by atoms with Gasteiger partial charge in [-0.1, -0.05) is 28.1 Å². The smallest absolute Gasteiger partial charge is 0.349 e. The van der Waals surface area contributed by atoms with Gasteiger partial charge in [-0.05, 0) is 52.3 Å². The molecule has 1 amide bonds. The molecule has 0 saturated heterocycles. The van der Waals surface area contributed by atoms with Crippen LogP contribution in [0.4, 0.5) is 5.69 Å². The van der Waals surface area contributed by atoms with Crippen LogP contribution in [0.5, 0.6) is 0 Å². The van der Waals surface area contributed by atoms with E-state index in [1.54, 1.807) is 49.5 Å². The summed E-state index contributed by atoms with van der Waals surface area (Å²) in [5.41, 5.74) is 1.25. The molecule has 150 valence electrons. The molecule has 0 bridgehead atoms. The highest BCUT2D eigenvalue weighted by atomic mass is 79.9. The monoisotopic (exact) mass is 529 g/mol. The second-order valence-corrected chi connectivity index (χ2v) is 8.24. The molecule has 0 unspecified atom stereocenters. The average molecular weight is 531 g/mol. The highest BCUT2D eigenvalue weighted by molar-refractivity contribution is 9.11. The largest absolute Gasteiger partial charge is 0.421 e. The van der Waals surface area contributed by atoms with E-state index in [1.807, 2.05) is 0 Å². The van der Waals surface area contributed by atoms with Crippen LogP contribution in [-0.4, -0.2) is 15.7 Å². The van der Waals surface area contributed by atoms with E-state index in [2.05, 4.69) is 42.3 Å². The Balaban J connectivity index is 1.61. The van der Waals surface area contributed by atoms with Crippen molar-refractivity contribution >= 4 is 54.4 Å². The SMILES string of the molecule is Cn1nc(-c2ccc(NC(=O)c3cc4cc(Br)cc(Br)c4oc3=O)cc2)ccc1=O. The number of nitrogens with one attached hydrogen (secondary N) is 1. The second kappa shape index (κ2) is 8.00. The van der Waals surface area contributed by atoms with Crippen LogP contribution in [0.3, 0.4) is 0 Å². The Morgan fingerprint density at radius 2 is 1.77 bits per heavy atom.